The molecule has 39 heavy (non-hydrogen) atoms. The summed E-state index contributed by atoms with van der Waals surface area (Å²) in [4.78, 5) is 26.0. The van der Waals surface area contributed by atoms with Gasteiger partial charge in [0.2, 0.25) is 5.91 Å². The minimum Gasteiger partial charge on any atom is -0.442 e. The van der Waals surface area contributed by atoms with Crippen LogP contribution in [0.4, 0.5) is 4.79 Å². The highest BCUT2D eigenvalue weighted by Gasteiger charge is 2.51. The third-order valence-electron chi connectivity index (χ3n) is 7.60. The van der Waals surface area contributed by atoms with Gasteiger partial charge in [-0.05, 0) is 71.3 Å². The van der Waals surface area contributed by atoms with E-state index in [4.69, 9.17) is 18.9 Å². The normalized spacial score (nSPS) is 27.0. The number of amides is 2. The molecule has 8 heteroatoms. The van der Waals surface area contributed by atoms with E-state index in [0.29, 0.717) is 31.6 Å². The van der Waals surface area contributed by atoms with Gasteiger partial charge in [-0.3, -0.25) is 4.79 Å². The summed E-state index contributed by atoms with van der Waals surface area (Å²) in [5.74, 6) is -0.271. The van der Waals surface area contributed by atoms with E-state index in [-0.39, 0.29) is 36.0 Å². The van der Waals surface area contributed by atoms with Crippen molar-refractivity contribution in [2.45, 2.75) is 116 Å². The molecule has 3 rings (SSSR count). The summed E-state index contributed by atoms with van der Waals surface area (Å²) < 4.78 is 23.3. The van der Waals surface area contributed by atoms with Crippen molar-refractivity contribution in [3.8, 4) is 0 Å². The van der Waals surface area contributed by atoms with Crippen LogP contribution in [0.15, 0.2) is 36.0 Å². The van der Waals surface area contributed by atoms with Gasteiger partial charge in [-0.2, -0.15) is 0 Å². The molecule has 0 aromatic heterocycles. The zero-order valence-electron chi connectivity index (χ0n) is 24.9. The molecule has 1 aliphatic carbocycles. The van der Waals surface area contributed by atoms with Crippen LogP contribution >= 0.6 is 0 Å². The quantitative estimate of drug-likeness (QED) is 0.193. The number of ether oxygens (including phenoxy) is 4. The van der Waals surface area contributed by atoms with Crippen molar-refractivity contribution in [3.05, 3.63) is 36.0 Å². The van der Waals surface area contributed by atoms with Crippen LogP contribution in [0.1, 0.15) is 86.0 Å². The Kier molecular flexibility index (Phi) is 11.6. The topological polar surface area (TPSA) is 86.3 Å². The van der Waals surface area contributed by atoms with E-state index in [0.717, 1.165) is 31.3 Å². The van der Waals surface area contributed by atoms with Crippen LogP contribution in [0.2, 0.25) is 0 Å². The lowest BCUT2D eigenvalue weighted by Crippen LogP contribution is -2.46. The molecule has 3 aliphatic rings. The van der Waals surface area contributed by atoms with Crippen LogP contribution in [0.3, 0.4) is 0 Å². The first-order chi connectivity index (χ1) is 18.5. The van der Waals surface area contributed by atoms with Crippen LogP contribution in [-0.2, 0) is 23.7 Å². The summed E-state index contributed by atoms with van der Waals surface area (Å²) in [6, 6.07) is -0.229. The number of nitrogens with one attached hydrogen (secondary N) is 1. The monoisotopic (exact) mass is 546 g/mol. The zero-order valence-corrected chi connectivity index (χ0v) is 24.9. The number of allylic oxidation sites excluding steroid dienone is 2. The number of rotatable bonds is 12. The van der Waals surface area contributed by atoms with Crippen molar-refractivity contribution in [3.63, 3.8) is 0 Å². The maximum Gasteiger partial charge on any atom is 0.410 e. The summed E-state index contributed by atoms with van der Waals surface area (Å²) in [5.41, 5.74) is 1.61. The minimum absolute atomic E-state index is 0.0530. The van der Waals surface area contributed by atoms with E-state index >= 15 is 0 Å². The molecule has 0 radical (unpaired) electrons. The van der Waals surface area contributed by atoms with Gasteiger partial charge in [0.05, 0.1) is 31.0 Å². The Balaban J connectivity index is 1.32. The number of hydrogen-bond acceptors (Lipinski definition) is 6. The molecule has 1 N–H and O–H groups in total. The van der Waals surface area contributed by atoms with Crippen molar-refractivity contribution >= 4 is 12.0 Å². The third kappa shape index (κ3) is 11.1. The molecule has 0 aromatic rings. The fourth-order valence-electron chi connectivity index (χ4n) is 5.38. The van der Waals surface area contributed by atoms with Gasteiger partial charge in [0.25, 0.3) is 0 Å². The largest absolute Gasteiger partial charge is 0.442 e. The predicted octanol–water partition coefficient (Wildman–Crippen LogP) is 5.68. The van der Waals surface area contributed by atoms with Gasteiger partial charge < -0.3 is 29.2 Å². The molecule has 1 spiro atoms. The lowest BCUT2D eigenvalue weighted by Gasteiger charge is -2.40. The lowest BCUT2D eigenvalue weighted by molar-refractivity contribution is -0.187. The minimum atomic E-state index is -0.504. The Morgan fingerprint density at radius 1 is 1.15 bits per heavy atom. The Hall–Kier alpha value is -2.16. The summed E-state index contributed by atoms with van der Waals surface area (Å²) in [7, 11) is 1.72. The smallest absolute Gasteiger partial charge is 0.410 e. The Morgan fingerprint density at radius 2 is 1.87 bits per heavy atom. The highest BCUT2D eigenvalue weighted by atomic mass is 16.7. The van der Waals surface area contributed by atoms with Crippen LogP contribution in [0.25, 0.3) is 0 Å². The van der Waals surface area contributed by atoms with E-state index in [9.17, 15) is 9.59 Å². The summed E-state index contributed by atoms with van der Waals surface area (Å²) in [6.07, 6.45) is 17.1. The van der Waals surface area contributed by atoms with Crippen LogP contribution in [0.5, 0.6) is 0 Å². The molecular weight excluding hydrogens is 496 g/mol. The molecule has 0 unspecified atom stereocenters. The first kappa shape index (κ1) is 31.4. The van der Waals surface area contributed by atoms with Crippen molar-refractivity contribution in [1.82, 2.24) is 10.2 Å². The van der Waals surface area contributed by atoms with E-state index in [1.807, 2.05) is 0 Å². The van der Waals surface area contributed by atoms with E-state index < -0.39 is 6.10 Å². The number of nitrogens with zero attached hydrogens (tertiary/aromatic N) is 1. The second-order valence-electron chi connectivity index (χ2n) is 12.2. The molecule has 2 saturated heterocycles. The fraction of sp³-hybridized carbons (Fsp3) is 0.742. The van der Waals surface area contributed by atoms with Crippen LogP contribution < -0.4 is 5.32 Å². The molecule has 2 heterocycles. The molecule has 2 amide bonds. The van der Waals surface area contributed by atoms with Crippen molar-refractivity contribution < 1.29 is 28.5 Å². The summed E-state index contributed by atoms with van der Waals surface area (Å²) in [6.45, 7) is 11.8. The van der Waals surface area contributed by atoms with E-state index in [1.165, 1.54) is 25.3 Å². The van der Waals surface area contributed by atoms with Gasteiger partial charge in [0, 0.05) is 26.1 Å². The molecule has 1 saturated carbocycles. The van der Waals surface area contributed by atoms with E-state index in [2.05, 4.69) is 51.2 Å². The standard InChI is InChI=1S/C31H50N2O6/c1-7-8-9-18-33(6)29(35)38-24(3)12-14-27(34)32-25-20-36-28(37-21-25)15-11-23(2)10-13-26-19-31(16-17-31)22-30(4,5)39-26/h10-14,24-26,28H,7-9,15-22H2,1-6H3,(H,32,34)/b13-10+,14-12-,23-11+/t24-,25?,26+,28?/m0/s1. The number of hydrogen-bond donors (Lipinski definition) is 1. The molecule has 2 atom stereocenters. The molecule has 220 valence electrons. The maximum absolute atomic E-state index is 12.3. The number of carbonyl (C=O) groups is 2. The highest BCUT2D eigenvalue weighted by molar-refractivity contribution is 5.87. The second kappa shape index (κ2) is 14.5. The average Bonchev–Trinajstić information content (AvgIpc) is 3.62. The van der Waals surface area contributed by atoms with Crippen molar-refractivity contribution in [1.29, 1.82) is 0 Å². The maximum atomic E-state index is 12.3. The Bertz CT molecular complexity index is 893. The SMILES string of the molecule is CCCCCN(C)C(=O)O[C@@H](C)/C=C\C(=O)NC1COC(C/C=C(C)/C=C/[C@@H]2CC3(CC3)CC(C)(C)O2)OC1. The van der Waals surface area contributed by atoms with Crippen molar-refractivity contribution in [2.24, 2.45) is 5.41 Å². The Labute approximate surface area is 235 Å². The summed E-state index contributed by atoms with van der Waals surface area (Å²) in [5, 5.41) is 2.88. The first-order valence-corrected chi connectivity index (χ1v) is 14.7. The predicted molar refractivity (Wildman–Crippen MR) is 152 cm³/mol. The van der Waals surface area contributed by atoms with Crippen molar-refractivity contribution in [2.75, 3.05) is 26.8 Å². The van der Waals surface area contributed by atoms with Gasteiger partial charge >= 0.3 is 6.09 Å². The molecule has 0 aromatic carbocycles. The number of carbonyl (C=O) groups excluding carboxylic acids is 2. The van der Waals surface area contributed by atoms with Gasteiger partial charge in [-0.1, -0.05) is 43.6 Å². The van der Waals surface area contributed by atoms with Gasteiger partial charge in [-0.15, -0.1) is 0 Å². The van der Waals surface area contributed by atoms with Gasteiger partial charge in [0.1, 0.15) is 6.10 Å². The number of unbranched alkanes of at least 4 members (excludes halogenated alkanes) is 2. The second-order valence-corrected chi connectivity index (χ2v) is 12.2. The fourth-order valence-corrected chi connectivity index (χ4v) is 5.38. The van der Waals surface area contributed by atoms with E-state index in [1.54, 1.807) is 24.9 Å². The third-order valence-corrected chi connectivity index (χ3v) is 7.60. The molecule has 0 bridgehead atoms. The molecule has 8 nitrogen and oxygen atoms in total. The molecule has 3 fully saturated rings. The lowest BCUT2D eigenvalue weighted by atomic mass is 9.82. The molecule has 2 aliphatic heterocycles. The first-order valence-electron chi connectivity index (χ1n) is 14.7. The zero-order chi connectivity index (χ0) is 28.5. The highest BCUT2D eigenvalue weighted by Crippen LogP contribution is 2.58. The van der Waals surface area contributed by atoms with Gasteiger partial charge in [-0.25, -0.2) is 4.79 Å². The summed E-state index contributed by atoms with van der Waals surface area (Å²) >= 11 is 0. The average molecular weight is 547 g/mol. The Morgan fingerprint density at radius 3 is 2.54 bits per heavy atom. The van der Waals surface area contributed by atoms with Gasteiger partial charge in [0.15, 0.2) is 6.29 Å². The molecular formula is C31H50N2O6. The van der Waals surface area contributed by atoms with Crippen LogP contribution in [-0.4, -0.2) is 73.8 Å². The van der Waals surface area contributed by atoms with Crippen LogP contribution in [0, 0.1) is 5.41 Å².